The van der Waals surface area contributed by atoms with E-state index in [-0.39, 0.29) is 17.7 Å². The van der Waals surface area contributed by atoms with Crippen molar-refractivity contribution in [2.24, 2.45) is 0 Å². The molecule has 0 spiro atoms. The summed E-state index contributed by atoms with van der Waals surface area (Å²) in [5.74, 6) is -1.29. The Labute approximate surface area is 105 Å². The van der Waals surface area contributed by atoms with E-state index in [1.165, 1.54) is 23.1 Å². The number of carbonyl (C=O) groups is 2. The molecule has 84 valence electrons. The maximum atomic E-state index is 11.9. The molecular formula is C9H7NO3S3. The van der Waals surface area contributed by atoms with E-state index in [2.05, 4.69) is 0 Å². The zero-order valence-corrected chi connectivity index (χ0v) is 10.4. The Kier molecular flexibility index (Phi) is 3.27. The van der Waals surface area contributed by atoms with E-state index in [9.17, 15) is 9.59 Å². The molecule has 1 fully saturated rings. The van der Waals surface area contributed by atoms with Crippen molar-refractivity contribution in [3.8, 4) is 0 Å². The molecule has 4 nitrogen and oxygen atoms in total. The fourth-order valence-corrected chi connectivity index (χ4v) is 3.70. The van der Waals surface area contributed by atoms with Gasteiger partial charge in [-0.05, 0) is 11.4 Å². The SMILES string of the molecule is O=C(O)CN1C(=O)C(c2cccs2)SC1=S. The minimum Gasteiger partial charge on any atom is -0.480 e. The van der Waals surface area contributed by atoms with Gasteiger partial charge in [-0.2, -0.15) is 0 Å². The largest absolute Gasteiger partial charge is 0.480 e. The molecular weight excluding hydrogens is 266 g/mol. The molecule has 7 heteroatoms. The highest BCUT2D eigenvalue weighted by Gasteiger charge is 2.39. The summed E-state index contributed by atoms with van der Waals surface area (Å²) < 4.78 is 0.339. The van der Waals surface area contributed by atoms with Gasteiger partial charge < -0.3 is 5.11 Å². The van der Waals surface area contributed by atoms with Crippen molar-refractivity contribution in [3.63, 3.8) is 0 Å². The molecule has 2 heterocycles. The topological polar surface area (TPSA) is 57.6 Å². The molecule has 2 rings (SSSR count). The van der Waals surface area contributed by atoms with Crippen molar-refractivity contribution in [1.29, 1.82) is 0 Å². The second-order valence-electron chi connectivity index (χ2n) is 3.10. The van der Waals surface area contributed by atoms with Gasteiger partial charge in [0.2, 0.25) is 5.91 Å². The third-order valence-corrected chi connectivity index (χ3v) is 4.73. The third-order valence-electron chi connectivity index (χ3n) is 2.02. The summed E-state index contributed by atoms with van der Waals surface area (Å²) in [7, 11) is 0. The van der Waals surface area contributed by atoms with Crippen molar-refractivity contribution >= 4 is 51.5 Å². The van der Waals surface area contributed by atoms with Crippen LogP contribution in [0.1, 0.15) is 10.1 Å². The maximum Gasteiger partial charge on any atom is 0.323 e. The van der Waals surface area contributed by atoms with Crippen LogP contribution in [0.25, 0.3) is 0 Å². The van der Waals surface area contributed by atoms with E-state index in [0.29, 0.717) is 4.32 Å². The molecule has 1 amide bonds. The highest BCUT2D eigenvalue weighted by Crippen LogP contribution is 2.41. The Morgan fingerprint density at radius 1 is 1.62 bits per heavy atom. The van der Waals surface area contributed by atoms with Gasteiger partial charge in [0.1, 0.15) is 16.1 Å². The number of aliphatic carboxylic acids is 1. The van der Waals surface area contributed by atoms with Gasteiger partial charge >= 0.3 is 5.97 Å². The highest BCUT2D eigenvalue weighted by atomic mass is 32.2. The van der Waals surface area contributed by atoms with E-state index in [4.69, 9.17) is 17.3 Å². The Bertz CT molecular complexity index is 443. The Morgan fingerprint density at radius 2 is 2.38 bits per heavy atom. The smallest absolute Gasteiger partial charge is 0.323 e. The monoisotopic (exact) mass is 273 g/mol. The zero-order valence-electron chi connectivity index (χ0n) is 7.95. The van der Waals surface area contributed by atoms with E-state index >= 15 is 0 Å². The van der Waals surface area contributed by atoms with Gasteiger partial charge in [-0.3, -0.25) is 14.5 Å². The lowest BCUT2D eigenvalue weighted by Crippen LogP contribution is -2.34. The highest BCUT2D eigenvalue weighted by molar-refractivity contribution is 8.24. The van der Waals surface area contributed by atoms with Crippen molar-refractivity contribution in [2.75, 3.05) is 6.54 Å². The summed E-state index contributed by atoms with van der Waals surface area (Å²) in [6, 6.07) is 3.71. The van der Waals surface area contributed by atoms with Crippen LogP contribution in [0, 0.1) is 0 Å². The van der Waals surface area contributed by atoms with Crippen LogP contribution >= 0.6 is 35.3 Å². The average molecular weight is 273 g/mol. The molecule has 1 aromatic heterocycles. The Hall–Kier alpha value is -0.920. The first kappa shape index (κ1) is 11.6. The third kappa shape index (κ3) is 2.11. The lowest BCUT2D eigenvalue weighted by atomic mass is 10.3. The summed E-state index contributed by atoms with van der Waals surface area (Å²) in [5.41, 5.74) is 0. The molecule has 16 heavy (non-hydrogen) atoms. The van der Waals surface area contributed by atoms with Crippen LogP contribution in [0.15, 0.2) is 17.5 Å². The first-order chi connectivity index (χ1) is 7.59. The van der Waals surface area contributed by atoms with Gasteiger partial charge in [-0.1, -0.05) is 30.0 Å². The summed E-state index contributed by atoms with van der Waals surface area (Å²) in [6.07, 6.45) is 0. The molecule has 1 N–H and O–H groups in total. The van der Waals surface area contributed by atoms with Crippen molar-refractivity contribution in [3.05, 3.63) is 22.4 Å². The number of nitrogens with zero attached hydrogens (tertiary/aromatic N) is 1. The zero-order chi connectivity index (χ0) is 11.7. The van der Waals surface area contributed by atoms with Gasteiger partial charge in [0.25, 0.3) is 0 Å². The first-order valence-corrected chi connectivity index (χ1v) is 6.53. The minimum atomic E-state index is -1.05. The number of thiophene rings is 1. The van der Waals surface area contributed by atoms with Gasteiger partial charge in [0.05, 0.1) is 0 Å². The van der Waals surface area contributed by atoms with Crippen LogP contribution in [0.2, 0.25) is 0 Å². The van der Waals surface area contributed by atoms with Crippen LogP contribution in [-0.2, 0) is 9.59 Å². The van der Waals surface area contributed by atoms with Crippen molar-refractivity contribution in [1.82, 2.24) is 4.90 Å². The van der Waals surface area contributed by atoms with Crippen LogP contribution in [-0.4, -0.2) is 32.7 Å². The number of rotatable bonds is 3. The van der Waals surface area contributed by atoms with Gasteiger partial charge in [-0.25, -0.2) is 0 Å². The number of hydrogen-bond donors (Lipinski definition) is 1. The fourth-order valence-electron chi connectivity index (χ4n) is 1.34. The van der Waals surface area contributed by atoms with E-state index in [1.807, 2.05) is 17.5 Å². The predicted octanol–water partition coefficient (Wildman–Crippen LogP) is 1.73. The molecule has 0 aliphatic carbocycles. The van der Waals surface area contributed by atoms with Crippen LogP contribution < -0.4 is 0 Å². The number of carbonyl (C=O) groups excluding carboxylic acids is 1. The van der Waals surface area contributed by atoms with Crippen molar-refractivity contribution in [2.45, 2.75) is 5.25 Å². The number of carboxylic acid groups (broad SMARTS) is 1. The summed E-state index contributed by atoms with van der Waals surface area (Å²) in [5, 5.41) is 10.2. The molecule has 1 unspecified atom stereocenters. The van der Waals surface area contributed by atoms with E-state index in [1.54, 1.807) is 0 Å². The second kappa shape index (κ2) is 4.52. The maximum absolute atomic E-state index is 11.9. The normalized spacial score (nSPS) is 20.5. The minimum absolute atomic E-state index is 0.236. The van der Waals surface area contributed by atoms with Gasteiger partial charge in [0, 0.05) is 4.88 Å². The molecule has 1 aliphatic rings. The van der Waals surface area contributed by atoms with Gasteiger partial charge in [0.15, 0.2) is 0 Å². The summed E-state index contributed by atoms with van der Waals surface area (Å²) in [4.78, 5) is 24.5. The number of thiocarbonyl (C=S) groups is 1. The molecule has 0 saturated carbocycles. The molecule has 0 radical (unpaired) electrons. The van der Waals surface area contributed by atoms with E-state index in [0.717, 1.165) is 9.78 Å². The standard InChI is InChI=1S/C9H7NO3S3/c11-6(12)4-10-8(13)7(16-9(10)14)5-2-1-3-15-5/h1-3,7H,4H2,(H,11,12). The lowest BCUT2D eigenvalue weighted by Gasteiger charge is -2.11. The van der Waals surface area contributed by atoms with Crippen LogP contribution in [0.5, 0.6) is 0 Å². The molecule has 0 bridgehead atoms. The molecule has 1 aromatic rings. The second-order valence-corrected chi connectivity index (χ2v) is 5.82. The molecule has 1 aliphatic heterocycles. The van der Waals surface area contributed by atoms with E-state index < -0.39 is 5.97 Å². The lowest BCUT2D eigenvalue weighted by molar-refractivity contribution is -0.141. The molecule has 0 aromatic carbocycles. The predicted molar refractivity (Wildman–Crippen MR) is 66.6 cm³/mol. The molecule has 1 saturated heterocycles. The number of hydrogen-bond acceptors (Lipinski definition) is 5. The number of thioether (sulfide) groups is 1. The Morgan fingerprint density at radius 3 is 2.94 bits per heavy atom. The van der Waals surface area contributed by atoms with Crippen LogP contribution in [0.4, 0.5) is 0 Å². The number of carboxylic acids is 1. The number of amides is 1. The first-order valence-electron chi connectivity index (χ1n) is 4.37. The quantitative estimate of drug-likeness (QED) is 0.850. The molecule has 1 atom stereocenters. The van der Waals surface area contributed by atoms with Gasteiger partial charge in [-0.15, -0.1) is 11.3 Å². The summed E-state index contributed by atoms with van der Waals surface area (Å²) >= 11 is 7.70. The van der Waals surface area contributed by atoms with Crippen molar-refractivity contribution < 1.29 is 14.7 Å². The summed E-state index contributed by atoms with van der Waals surface area (Å²) in [6.45, 7) is -0.355. The fraction of sp³-hybridized carbons (Fsp3) is 0.222. The average Bonchev–Trinajstić information content (AvgIpc) is 2.80. The Balaban J connectivity index is 2.19. The van der Waals surface area contributed by atoms with Crippen LogP contribution in [0.3, 0.4) is 0 Å².